The van der Waals surface area contributed by atoms with Crippen molar-refractivity contribution in [3.63, 3.8) is 0 Å². The average Bonchev–Trinajstić information content (AvgIpc) is 2.15. The fraction of sp³-hybridized carbons (Fsp3) is 0.455. The lowest BCUT2D eigenvalue weighted by Gasteiger charge is -2.12. The Labute approximate surface area is 79.2 Å². The first-order chi connectivity index (χ1) is 6.25. The van der Waals surface area contributed by atoms with E-state index in [0.717, 1.165) is 17.7 Å². The highest BCUT2D eigenvalue weighted by atomic mass is 16.5. The van der Waals surface area contributed by atoms with E-state index in [2.05, 4.69) is 6.92 Å². The van der Waals surface area contributed by atoms with Crippen molar-refractivity contribution in [1.82, 2.24) is 0 Å². The maximum absolute atomic E-state index is 9.42. The van der Waals surface area contributed by atoms with Gasteiger partial charge in [-0.05, 0) is 19.4 Å². The Morgan fingerprint density at radius 3 is 2.69 bits per heavy atom. The maximum atomic E-state index is 9.42. The summed E-state index contributed by atoms with van der Waals surface area (Å²) in [6.07, 6.45) is 0.516. The van der Waals surface area contributed by atoms with Crippen LogP contribution in [0.2, 0.25) is 0 Å². The summed E-state index contributed by atoms with van der Waals surface area (Å²) in [5.74, 6) is 0.791. The number of para-hydroxylation sites is 1. The van der Waals surface area contributed by atoms with Crippen LogP contribution in [0.5, 0.6) is 5.75 Å². The summed E-state index contributed by atoms with van der Waals surface area (Å²) >= 11 is 0. The van der Waals surface area contributed by atoms with Crippen LogP contribution in [0.1, 0.15) is 31.9 Å². The van der Waals surface area contributed by atoms with Gasteiger partial charge in [-0.3, -0.25) is 0 Å². The van der Waals surface area contributed by atoms with Crippen LogP contribution in [0.15, 0.2) is 24.3 Å². The van der Waals surface area contributed by atoms with E-state index in [-0.39, 0.29) is 0 Å². The summed E-state index contributed by atoms with van der Waals surface area (Å²) in [6, 6.07) is 7.59. The molecular weight excluding hydrogens is 164 g/mol. The molecule has 1 N–H and O–H groups in total. The highest BCUT2D eigenvalue weighted by Crippen LogP contribution is 2.24. The van der Waals surface area contributed by atoms with Crippen molar-refractivity contribution in [1.29, 1.82) is 0 Å². The third-order valence-electron chi connectivity index (χ3n) is 1.83. The minimum Gasteiger partial charge on any atom is -0.493 e. The second-order valence-corrected chi connectivity index (χ2v) is 3.06. The van der Waals surface area contributed by atoms with Crippen LogP contribution < -0.4 is 4.74 Å². The Bertz CT molecular complexity index is 256. The van der Waals surface area contributed by atoms with E-state index in [0.29, 0.717) is 6.61 Å². The number of aliphatic hydroxyl groups excluding tert-OH is 1. The van der Waals surface area contributed by atoms with Crippen LogP contribution in [-0.2, 0) is 0 Å². The topological polar surface area (TPSA) is 29.5 Å². The smallest absolute Gasteiger partial charge is 0.125 e. The van der Waals surface area contributed by atoms with Gasteiger partial charge in [-0.1, -0.05) is 25.1 Å². The predicted molar refractivity (Wildman–Crippen MR) is 52.9 cm³/mol. The molecule has 1 unspecified atom stereocenters. The molecule has 0 aliphatic carbocycles. The Morgan fingerprint density at radius 1 is 1.38 bits per heavy atom. The molecule has 0 radical (unpaired) electrons. The lowest BCUT2D eigenvalue weighted by molar-refractivity contribution is 0.191. The first-order valence-corrected chi connectivity index (χ1v) is 4.65. The van der Waals surface area contributed by atoms with Crippen molar-refractivity contribution in [3.8, 4) is 5.75 Å². The van der Waals surface area contributed by atoms with Crippen molar-refractivity contribution in [3.05, 3.63) is 29.8 Å². The van der Waals surface area contributed by atoms with Gasteiger partial charge in [-0.15, -0.1) is 0 Å². The lowest BCUT2D eigenvalue weighted by Crippen LogP contribution is -2.00. The van der Waals surface area contributed by atoms with E-state index >= 15 is 0 Å². The molecule has 0 heterocycles. The second-order valence-electron chi connectivity index (χ2n) is 3.06. The van der Waals surface area contributed by atoms with E-state index in [1.807, 2.05) is 24.3 Å². The Balaban J connectivity index is 2.78. The largest absolute Gasteiger partial charge is 0.493 e. The highest BCUT2D eigenvalue weighted by molar-refractivity contribution is 5.34. The zero-order chi connectivity index (χ0) is 9.68. The number of rotatable bonds is 4. The van der Waals surface area contributed by atoms with Gasteiger partial charge in [-0.2, -0.15) is 0 Å². The molecule has 1 aromatic rings. The van der Waals surface area contributed by atoms with E-state index in [4.69, 9.17) is 4.74 Å². The molecule has 0 saturated carbocycles. The summed E-state index contributed by atoms with van der Waals surface area (Å²) < 4.78 is 5.49. The minimum absolute atomic E-state index is 0.465. The second kappa shape index (κ2) is 4.87. The molecular formula is C11H16O2. The number of hydrogen-bond donors (Lipinski definition) is 1. The molecule has 0 saturated heterocycles. The average molecular weight is 180 g/mol. The zero-order valence-electron chi connectivity index (χ0n) is 8.16. The van der Waals surface area contributed by atoms with Gasteiger partial charge in [0, 0.05) is 5.56 Å². The van der Waals surface area contributed by atoms with Crippen molar-refractivity contribution >= 4 is 0 Å². The number of aliphatic hydroxyl groups is 1. The van der Waals surface area contributed by atoms with E-state index in [1.165, 1.54) is 0 Å². The van der Waals surface area contributed by atoms with Crippen molar-refractivity contribution in [2.24, 2.45) is 0 Å². The van der Waals surface area contributed by atoms with Gasteiger partial charge < -0.3 is 9.84 Å². The zero-order valence-corrected chi connectivity index (χ0v) is 8.16. The van der Waals surface area contributed by atoms with Crippen molar-refractivity contribution in [2.45, 2.75) is 26.4 Å². The molecule has 1 atom stereocenters. The van der Waals surface area contributed by atoms with Crippen LogP contribution in [0.3, 0.4) is 0 Å². The molecule has 0 spiro atoms. The maximum Gasteiger partial charge on any atom is 0.125 e. The third kappa shape index (κ3) is 2.74. The fourth-order valence-electron chi connectivity index (χ4n) is 1.17. The lowest BCUT2D eigenvalue weighted by atomic mass is 10.1. The standard InChI is InChI=1S/C11H16O2/c1-3-8-13-11-7-5-4-6-10(11)9(2)12/h4-7,9,12H,3,8H2,1-2H3. The molecule has 1 rings (SSSR count). The number of benzene rings is 1. The molecule has 13 heavy (non-hydrogen) atoms. The summed E-state index contributed by atoms with van der Waals surface area (Å²) in [6.45, 7) is 4.50. The number of ether oxygens (including phenoxy) is 1. The van der Waals surface area contributed by atoms with Gasteiger partial charge in [-0.25, -0.2) is 0 Å². The quantitative estimate of drug-likeness (QED) is 0.771. The third-order valence-corrected chi connectivity index (χ3v) is 1.83. The first kappa shape index (κ1) is 10.1. The Hall–Kier alpha value is -1.02. The molecule has 2 heteroatoms. The number of hydrogen-bond acceptors (Lipinski definition) is 2. The molecule has 72 valence electrons. The summed E-state index contributed by atoms with van der Waals surface area (Å²) in [4.78, 5) is 0. The fourth-order valence-corrected chi connectivity index (χ4v) is 1.17. The first-order valence-electron chi connectivity index (χ1n) is 4.65. The highest BCUT2D eigenvalue weighted by Gasteiger charge is 2.06. The van der Waals surface area contributed by atoms with Crippen molar-refractivity contribution in [2.75, 3.05) is 6.61 Å². The van der Waals surface area contributed by atoms with Crippen molar-refractivity contribution < 1.29 is 9.84 Å². The molecule has 0 amide bonds. The minimum atomic E-state index is -0.465. The monoisotopic (exact) mass is 180 g/mol. The summed E-state index contributed by atoms with van der Waals surface area (Å²) in [5, 5.41) is 9.42. The Kier molecular flexibility index (Phi) is 3.77. The van der Waals surface area contributed by atoms with E-state index in [9.17, 15) is 5.11 Å². The van der Waals surface area contributed by atoms with Crippen LogP contribution in [-0.4, -0.2) is 11.7 Å². The van der Waals surface area contributed by atoms with E-state index in [1.54, 1.807) is 6.92 Å². The SMILES string of the molecule is CCCOc1ccccc1C(C)O. The predicted octanol–water partition coefficient (Wildman–Crippen LogP) is 2.53. The molecule has 0 aromatic heterocycles. The van der Waals surface area contributed by atoms with Gasteiger partial charge in [0.2, 0.25) is 0 Å². The van der Waals surface area contributed by atoms with Gasteiger partial charge >= 0.3 is 0 Å². The van der Waals surface area contributed by atoms with Crippen LogP contribution >= 0.6 is 0 Å². The van der Waals surface area contributed by atoms with Gasteiger partial charge in [0.25, 0.3) is 0 Å². The summed E-state index contributed by atoms with van der Waals surface area (Å²) in [7, 11) is 0. The van der Waals surface area contributed by atoms with Crippen LogP contribution in [0, 0.1) is 0 Å². The molecule has 1 aromatic carbocycles. The molecule has 0 aliphatic rings. The molecule has 0 fully saturated rings. The van der Waals surface area contributed by atoms with Gasteiger partial charge in [0.1, 0.15) is 5.75 Å². The normalized spacial score (nSPS) is 12.5. The van der Waals surface area contributed by atoms with Gasteiger partial charge in [0.15, 0.2) is 0 Å². The molecule has 0 bridgehead atoms. The van der Waals surface area contributed by atoms with E-state index < -0.39 is 6.10 Å². The van der Waals surface area contributed by atoms with Crippen LogP contribution in [0.25, 0.3) is 0 Å². The molecule has 0 aliphatic heterocycles. The molecule has 2 nitrogen and oxygen atoms in total. The Morgan fingerprint density at radius 2 is 2.08 bits per heavy atom. The van der Waals surface area contributed by atoms with Gasteiger partial charge in [0.05, 0.1) is 12.7 Å². The summed E-state index contributed by atoms with van der Waals surface area (Å²) in [5.41, 5.74) is 0.857. The van der Waals surface area contributed by atoms with Crippen LogP contribution in [0.4, 0.5) is 0 Å².